The van der Waals surface area contributed by atoms with E-state index in [4.69, 9.17) is 20.4 Å². The molecule has 4 heterocycles. The van der Waals surface area contributed by atoms with Crippen LogP contribution in [0.5, 0.6) is 0 Å². The summed E-state index contributed by atoms with van der Waals surface area (Å²) in [6, 6.07) is 3.63. The molecular formula is C17H16B2N6O2S. The lowest BCUT2D eigenvalue weighted by atomic mass is 9.60. The van der Waals surface area contributed by atoms with Gasteiger partial charge in [0.1, 0.15) is 16.5 Å². The average Bonchev–Trinajstić information content (AvgIpc) is 3.14. The van der Waals surface area contributed by atoms with Crippen molar-refractivity contribution in [3.63, 3.8) is 0 Å². The first-order valence-corrected chi connectivity index (χ1v) is 9.53. The number of amides is 1. The first-order chi connectivity index (χ1) is 13.4. The molecule has 0 saturated carbocycles. The maximum Gasteiger partial charge on any atom is 0.227 e. The van der Waals surface area contributed by atoms with E-state index in [9.17, 15) is 4.79 Å². The largest absolute Gasteiger partial charge is 0.379 e. The Balaban J connectivity index is 1.57. The molecule has 28 heavy (non-hydrogen) atoms. The lowest BCUT2D eigenvalue weighted by Crippen LogP contribution is -2.61. The summed E-state index contributed by atoms with van der Waals surface area (Å²) in [6.45, 7) is 3.83. The second-order valence-electron chi connectivity index (χ2n) is 6.49. The monoisotopic (exact) mass is 390 g/mol. The van der Waals surface area contributed by atoms with Crippen molar-refractivity contribution in [2.45, 2.75) is 12.3 Å². The van der Waals surface area contributed by atoms with Crippen LogP contribution in [0.25, 0.3) is 21.5 Å². The number of morpholine rings is 1. The summed E-state index contributed by atoms with van der Waals surface area (Å²) in [6.07, 6.45) is 3.35. The highest BCUT2D eigenvalue weighted by Gasteiger charge is 2.34. The normalized spacial score (nSPS) is 15.6. The molecule has 0 atom stereocenters. The number of hydrogen-bond donors (Lipinski definition) is 1. The van der Waals surface area contributed by atoms with E-state index >= 15 is 0 Å². The van der Waals surface area contributed by atoms with Crippen LogP contribution in [0.4, 0.5) is 5.82 Å². The zero-order chi connectivity index (χ0) is 19.7. The molecule has 4 radical (unpaired) electrons. The molecule has 0 aliphatic carbocycles. The summed E-state index contributed by atoms with van der Waals surface area (Å²) < 4.78 is 5.28. The van der Waals surface area contributed by atoms with Crippen LogP contribution in [0.15, 0.2) is 24.5 Å². The van der Waals surface area contributed by atoms with Crippen molar-refractivity contribution >= 4 is 49.5 Å². The van der Waals surface area contributed by atoms with Gasteiger partial charge in [0, 0.05) is 36.2 Å². The van der Waals surface area contributed by atoms with E-state index in [0.29, 0.717) is 37.8 Å². The van der Waals surface area contributed by atoms with E-state index in [0.717, 1.165) is 20.8 Å². The highest BCUT2D eigenvalue weighted by Crippen LogP contribution is 2.25. The zero-order valence-corrected chi connectivity index (χ0v) is 16.1. The maximum atomic E-state index is 12.6. The van der Waals surface area contributed by atoms with Gasteiger partial charge in [0.2, 0.25) is 5.91 Å². The van der Waals surface area contributed by atoms with E-state index < -0.39 is 11.2 Å². The molecule has 3 aromatic heterocycles. The van der Waals surface area contributed by atoms with Crippen molar-refractivity contribution in [1.82, 2.24) is 25.1 Å². The Labute approximate surface area is 168 Å². The first-order valence-electron chi connectivity index (χ1n) is 8.72. The topological polar surface area (TPSA) is 93.1 Å². The molecule has 1 N–H and O–H groups in total. The van der Waals surface area contributed by atoms with Gasteiger partial charge in [0.25, 0.3) is 0 Å². The smallest absolute Gasteiger partial charge is 0.227 e. The Morgan fingerprint density at radius 3 is 2.64 bits per heavy atom. The molecule has 11 heteroatoms. The molecule has 4 rings (SSSR count). The molecule has 8 nitrogen and oxygen atoms in total. The summed E-state index contributed by atoms with van der Waals surface area (Å²) in [5.74, 6) is -0.174. The van der Waals surface area contributed by atoms with Gasteiger partial charge in [-0.15, -0.1) is 10.2 Å². The van der Waals surface area contributed by atoms with Crippen molar-refractivity contribution in [2.24, 2.45) is 0 Å². The van der Waals surface area contributed by atoms with Crippen molar-refractivity contribution < 1.29 is 9.53 Å². The Morgan fingerprint density at radius 2 is 1.93 bits per heavy atom. The minimum atomic E-state index is -1.64. The number of carbonyl (C=O) groups is 1. The van der Waals surface area contributed by atoms with Gasteiger partial charge in [-0.05, 0) is 24.4 Å². The standard InChI is InChI=1S/C17H16B2N6O2S/c1-10-23-24-15(28-10)13-6-11-7-14(21-9-12(11)8-20-13)22-16(26)17(18,19)25-2-4-27-5-3-25/h6-9H,2-5H2,1H3,(H,21,22,26). The summed E-state index contributed by atoms with van der Waals surface area (Å²) in [7, 11) is 12.2. The summed E-state index contributed by atoms with van der Waals surface area (Å²) >= 11 is 1.46. The van der Waals surface area contributed by atoms with Gasteiger partial charge in [-0.2, -0.15) is 0 Å². The third-order valence-corrected chi connectivity index (χ3v) is 5.35. The van der Waals surface area contributed by atoms with Crippen LogP contribution in [0.1, 0.15) is 5.01 Å². The summed E-state index contributed by atoms with van der Waals surface area (Å²) in [5, 5.41) is 12.5. The van der Waals surface area contributed by atoms with Crippen molar-refractivity contribution in [1.29, 1.82) is 0 Å². The second kappa shape index (κ2) is 7.57. The van der Waals surface area contributed by atoms with Crippen molar-refractivity contribution in [3.05, 3.63) is 29.5 Å². The number of anilines is 1. The van der Waals surface area contributed by atoms with Crippen LogP contribution in [0, 0.1) is 6.92 Å². The van der Waals surface area contributed by atoms with Crippen LogP contribution < -0.4 is 5.32 Å². The van der Waals surface area contributed by atoms with Crippen LogP contribution >= 0.6 is 11.3 Å². The van der Waals surface area contributed by atoms with Gasteiger partial charge >= 0.3 is 0 Å². The van der Waals surface area contributed by atoms with Gasteiger partial charge in [0.15, 0.2) is 5.01 Å². The average molecular weight is 390 g/mol. The van der Waals surface area contributed by atoms with E-state index in [1.54, 1.807) is 23.4 Å². The molecule has 1 aliphatic heterocycles. The van der Waals surface area contributed by atoms with Gasteiger partial charge in [-0.3, -0.25) is 9.78 Å². The predicted octanol–water partition coefficient (Wildman–Crippen LogP) is 0.718. The Kier molecular flexibility index (Phi) is 5.13. The fourth-order valence-corrected chi connectivity index (χ4v) is 3.58. The number of pyridine rings is 2. The lowest BCUT2D eigenvalue weighted by Gasteiger charge is -2.40. The molecule has 3 aromatic rings. The molecule has 1 amide bonds. The fourth-order valence-electron chi connectivity index (χ4n) is 2.92. The van der Waals surface area contributed by atoms with Gasteiger partial charge < -0.3 is 15.0 Å². The van der Waals surface area contributed by atoms with E-state index in [1.807, 2.05) is 13.0 Å². The highest BCUT2D eigenvalue weighted by molar-refractivity contribution is 7.14. The Bertz CT molecular complexity index is 1020. The van der Waals surface area contributed by atoms with Gasteiger partial charge in [0.05, 0.1) is 28.9 Å². The molecule has 0 unspecified atom stereocenters. The molecule has 0 aromatic carbocycles. The number of nitrogens with zero attached hydrogens (tertiary/aromatic N) is 5. The number of hydrogen-bond acceptors (Lipinski definition) is 8. The summed E-state index contributed by atoms with van der Waals surface area (Å²) in [5.41, 5.74) is 0.710. The predicted molar refractivity (Wildman–Crippen MR) is 108 cm³/mol. The number of nitrogens with one attached hydrogen (secondary N) is 1. The second-order valence-corrected chi connectivity index (χ2v) is 7.67. The van der Waals surface area contributed by atoms with Crippen LogP contribution in [-0.4, -0.2) is 78.3 Å². The maximum absolute atomic E-state index is 12.6. The van der Waals surface area contributed by atoms with Crippen LogP contribution in [-0.2, 0) is 9.53 Å². The minimum Gasteiger partial charge on any atom is -0.379 e. The molecule has 1 saturated heterocycles. The Hall–Kier alpha value is -2.36. The number of rotatable bonds is 4. The Morgan fingerprint density at radius 1 is 1.18 bits per heavy atom. The third kappa shape index (κ3) is 3.78. The first kappa shape index (κ1) is 19.0. The van der Waals surface area contributed by atoms with Crippen molar-refractivity contribution in [3.8, 4) is 10.7 Å². The van der Waals surface area contributed by atoms with Gasteiger partial charge in [-0.1, -0.05) is 11.3 Å². The molecule has 1 fully saturated rings. The molecular weight excluding hydrogens is 374 g/mol. The SMILES string of the molecule is [B]C([B])(C(=O)Nc1cc2cc(-c3nnc(C)s3)ncc2cn1)N1CCOCC1. The zero-order valence-electron chi connectivity index (χ0n) is 15.3. The highest BCUT2D eigenvalue weighted by atomic mass is 32.1. The van der Waals surface area contributed by atoms with Crippen LogP contribution in [0.2, 0.25) is 0 Å². The number of ether oxygens (including phenoxy) is 1. The lowest BCUT2D eigenvalue weighted by molar-refractivity contribution is -0.121. The summed E-state index contributed by atoms with van der Waals surface area (Å²) in [4.78, 5) is 23.0. The molecule has 1 aliphatic rings. The fraction of sp³-hybridized carbons (Fsp3) is 0.353. The number of aryl methyl sites for hydroxylation is 1. The molecule has 138 valence electrons. The third-order valence-electron chi connectivity index (χ3n) is 4.49. The number of carbonyl (C=O) groups excluding carboxylic acids is 1. The van der Waals surface area contributed by atoms with E-state index in [-0.39, 0.29) is 0 Å². The molecule has 0 spiro atoms. The van der Waals surface area contributed by atoms with Crippen molar-refractivity contribution in [2.75, 3.05) is 31.6 Å². The molecule has 0 bridgehead atoms. The number of aromatic nitrogens is 4. The van der Waals surface area contributed by atoms with E-state index in [1.165, 1.54) is 11.3 Å². The minimum absolute atomic E-state index is 0.358. The number of fused-ring (bicyclic) bond motifs is 1. The quantitative estimate of drug-likeness (QED) is 0.657. The van der Waals surface area contributed by atoms with E-state index in [2.05, 4.69) is 25.5 Å². The van der Waals surface area contributed by atoms with Crippen LogP contribution in [0.3, 0.4) is 0 Å². The van der Waals surface area contributed by atoms with Gasteiger partial charge in [-0.25, -0.2) is 4.98 Å².